The van der Waals surface area contributed by atoms with E-state index in [2.05, 4.69) is 184 Å². The summed E-state index contributed by atoms with van der Waals surface area (Å²) in [5.41, 5.74) is 5.41. The summed E-state index contributed by atoms with van der Waals surface area (Å²) in [7, 11) is -4.41. The highest BCUT2D eigenvalue weighted by molar-refractivity contribution is 7.47. The molecule has 0 amide bonds. The first kappa shape index (κ1) is 92.4. The highest BCUT2D eigenvalue weighted by Crippen LogP contribution is 2.43. The highest BCUT2D eigenvalue weighted by atomic mass is 31.2. The summed E-state index contributed by atoms with van der Waals surface area (Å²) >= 11 is 0. The van der Waals surface area contributed by atoms with Gasteiger partial charge in [-0.15, -0.1) is 0 Å². The number of rotatable bonds is 73. The van der Waals surface area contributed by atoms with Gasteiger partial charge in [-0.25, -0.2) is 4.57 Å². The maximum Gasteiger partial charge on any atom is 0.472 e. The molecule has 0 aliphatic carbocycles. The molecule has 2 unspecified atom stereocenters. The predicted molar refractivity (Wildman–Crippen MR) is 422 cm³/mol. The molecule has 0 aromatic rings. The molecular formula is C87H146NO8P. The molecule has 0 rings (SSSR count). The monoisotopic (exact) mass is 1360 g/mol. The summed E-state index contributed by atoms with van der Waals surface area (Å²) < 4.78 is 33.3. The van der Waals surface area contributed by atoms with Crippen molar-refractivity contribution in [2.75, 3.05) is 26.4 Å². The quantitative estimate of drug-likeness (QED) is 0.0264. The van der Waals surface area contributed by atoms with Crippen molar-refractivity contribution < 1.29 is 37.6 Å². The van der Waals surface area contributed by atoms with Crippen molar-refractivity contribution in [3.8, 4) is 0 Å². The predicted octanol–water partition coefficient (Wildman–Crippen LogP) is 26.9. The Balaban J connectivity index is 3.88. The molecule has 0 aliphatic heterocycles. The molecule has 0 heterocycles. The zero-order valence-corrected chi connectivity index (χ0v) is 63.2. The van der Waals surface area contributed by atoms with Crippen molar-refractivity contribution in [1.29, 1.82) is 0 Å². The largest absolute Gasteiger partial charge is 0.472 e. The van der Waals surface area contributed by atoms with Crippen LogP contribution in [0.1, 0.15) is 335 Å². The lowest BCUT2D eigenvalue weighted by Crippen LogP contribution is -2.29. The van der Waals surface area contributed by atoms with Crippen LogP contribution >= 0.6 is 7.82 Å². The van der Waals surface area contributed by atoms with Crippen LogP contribution in [0.4, 0.5) is 0 Å². The smallest absolute Gasteiger partial charge is 0.462 e. The van der Waals surface area contributed by atoms with E-state index < -0.39 is 26.5 Å². The summed E-state index contributed by atoms with van der Waals surface area (Å²) in [5.74, 6) is -0.829. The number of phosphoric ester groups is 1. The zero-order chi connectivity index (χ0) is 70.0. The van der Waals surface area contributed by atoms with E-state index in [0.29, 0.717) is 6.42 Å². The van der Waals surface area contributed by atoms with E-state index in [9.17, 15) is 19.0 Å². The van der Waals surface area contributed by atoms with Crippen molar-refractivity contribution in [2.24, 2.45) is 5.73 Å². The fraction of sp³-hybridized carbons (Fsp3) is 0.655. The molecule has 0 radical (unpaired) electrons. The maximum absolute atomic E-state index is 12.8. The van der Waals surface area contributed by atoms with Crippen LogP contribution in [-0.2, 0) is 32.7 Å². The van der Waals surface area contributed by atoms with E-state index in [1.165, 1.54) is 167 Å². The summed E-state index contributed by atoms with van der Waals surface area (Å²) in [6, 6.07) is 0. The van der Waals surface area contributed by atoms with Gasteiger partial charge >= 0.3 is 19.8 Å². The zero-order valence-electron chi connectivity index (χ0n) is 62.3. The van der Waals surface area contributed by atoms with Crippen LogP contribution in [0.3, 0.4) is 0 Å². The molecule has 0 aromatic heterocycles. The lowest BCUT2D eigenvalue weighted by Gasteiger charge is -2.19. The second-order valence-corrected chi connectivity index (χ2v) is 27.3. The van der Waals surface area contributed by atoms with Gasteiger partial charge in [-0.2, -0.15) is 0 Å². The Morgan fingerprint density at radius 3 is 0.794 bits per heavy atom. The second-order valence-electron chi connectivity index (χ2n) is 25.8. The van der Waals surface area contributed by atoms with Crippen molar-refractivity contribution >= 4 is 19.8 Å². The number of hydrogen-bond donors (Lipinski definition) is 2. The number of unbranched alkanes of at least 4 members (excludes halogenated alkanes) is 32. The minimum absolute atomic E-state index is 0.0472. The van der Waals surface area contributed by atoms with E-state index in [4.69, 9.17) is 24.3 Å². The number of nitrogens with two attached hydrogens (primary N) is 1. The molecule has 10 heteroatoms. The maximum atomic E-state index is 12.8. The number of carbonyl (C=O) groups is 2. The third kappa shape index (κ3) is 80.2. The molecule has 0 saturated carbocycles. The molecule has 552 valence electrons. The molecular weight excluding hydrogens is 1220 g/mol. The second kappa shape index (κ2) is 80.3. The summed E-state index contributed by atoms with van der Waals surface area (Å²) in [6.45, 7) is 3.53. The van der Waals surface area contributed by atoms with Crippen LogP contribution in [0, 0.1) is 0 Å². The fourth-order valence-corrected chi connectivity index (χ4v) is 11.6. The standard InChI is InChI=1S/C87H146NO8P/c1-3-5-7-9-11-13-15-17-19-21-23-25-27-29-31-33-35-37-39-40-41-42-43-44-46-48-50-52-54-56-58-60-62-64-66-68-70-72-74-76-78-80-87(90)96-85(84-95-97(91,92)94-82-81-88)83-93-86(89)79-77-75-73-71-69-67-65-63-61-59-57-55-53-51-49-47-45-38-36-34-32-30-28-26-24-22-20-18-16-14-12-10-8-6-4-2/h5-8,11-14,17-20,23-26,29,31,35,37,40-41,43-44,48,50,54,56,85H,3-4,9-10,15-16,21-22,27-28,30,32-34,36,38-39,42,45-47,49,51-53,55,57-84,88H2,1-2H3,(H,91,92)/b7-5-,8-6-,13-11-,14-12-,19-17-,20-18-,25-23-,26-24-,31-29-,37-35-,41-40-,44-43-,50-48-,56-54-. The molecule has 0 aromatic carbocycles. The van der Waals surface area contributed by atoms with Gasteiger partial charge in [0, 0.05) is 19.4 Å². The van der Waals surface area contributed by atoms with Gasteiger partial charge in [0.15, 0.2) is 6.10 Å². The first-order valence-electron chi connectivity index (χ1n) is 39.6. The number of allylic oxidation sites excluding steroid dienone is 28. The van der Waals surface area contributed by atoms with Crippen LogP contribution in [0.15, 0.2) is 170 Å². The third-order valence-corrected chi connectivity index (χ3v) is 17.6. The third-order valence-electron chi connectivity index (χ3n) is 16.6. The Bertz CT molecular complexity index is 2210. The lowest BCUT2D eigenvalue weighted by atomic mass is 10.0. The molecule has 0 aliphatic rings. The van der Waals surface area contributed by atoms with E-state index in [0.717, 1.165) is 135 Å². The Morgan fingerprint density at radius 2 is 0.536 bits per heavy atom. The summed E-state index contributed by atoms with van der Waals surface area (Å²) in [4.78, 5) is 35.5. The SMILES string of the molecule is CC/C=C\C/C=C\C/C=C\C/C=C\C/C=C\C/C=C\C/C=C\C/C=C\C/C=C\C/C=C\CCCCCCCCCCCCC(=O)OC(COC(=O)CCCCCCCCCCCCCCCCCCCCCCCC/C=C\C/C=C\C/C=C\C/C=C\CC)COP(=O)(O)OCCN. The highest BCUT2D eigenvalue weighted by Gasteiger charge is 2.26. The van der Waals surface area contributed by atoms with Crippen LogP contribution in [-0.4, -0.2) is 49.3 Å². The Morgan fingerprint density at radius 1 is 0.309 bits per heavy atom. The molecule has 3 N–H and O–H groups in total. The normalized spacial score (nSPS) is 13.8. The van der Waals surface area contributed by atoms with Gasteiger partial charge in [0.05, 0.1) is 13.2 Å². The first-order valence-corrected chi connectivity index (χ1v) is 41.1. The minimum Gasteiger partial charge on any atom is -0.462 e. The number of hydrogen-bond acceptors (Lipinski definition) is 8. The number of esters is 2. The molecule has 2 atom stereocenters. The average molecular weight is 1370 g/mol. The van der Waals surface area contributed by atoms with Gasteiger partial charge < -0.3 is 20.1 Å². The van der Waals surface area contributed by atoms with Gasteiger partial charge in [0.25, 0.3) is 0 Å². The lowest BCUT2D eigenvalue weighted by molar-refractivity contribution is -0.161. The summed E-state index contributed by atoms with van der Waals surface area (Å²) in [5, 5.41) is 0. The molecule has 97 heavy (non-hydrogen) atoms. The average Bonchev–Trinajstić information content (AvgIpc) is 2.57. The van der Waals surface area contributed by atoms with E-state index in [1.54, 1.807) is 0 Å². The van der Waals surface area contributed by atoms with Crippen molar-refractivity contribution in [2.45, 2.75) is 341 Å². The van der Waals surface area contributed by atoms with E-state index in [-0.39, 0.29) is 38.6 Å². The van der Waals surface area contributed by atoms with Crippen LogP contribution in [0.25, 0.3) is 0 Å². The molecule has 9 nitrogen and oxygen atoms in total. The molecule has 0 spiro atoms. The van der Waals surface area contributed by atoms with Gasteiger partial charge in [-0.1, -0.05) is 364 Å². The van der Waals surface area contributed by atoms with Crippen molar-refractivity contribution in [3.63, 3.8) is 0 Å². The first-order chi connectivity index (χ1) is 47.8. The Kier molecular flexibility index (Phi) is 76.5. The van der Waals surface area contributed by atoms with E-state index >= 15 is 0 Å². The van der Waals surface area contributed by atoms with Crippen molar-refractivity contribution in [1.82, 2.24) is 0 Å². The Hall–Kier alpha value is -4.63. The summed E-state index contributed by atoms with van der Waals surface area (Å²) in [6.07, 6.45) is 119. The number of ether oxygens (including phenoxy) is 2. The molecule has 0 fully saturated rings. The van der Waals surface area contributed by atoms with Crippen molar-refractivity contribution in [3.05, 3.63) is 170 Å². The topological polar surface area (TPSA) is 134 Å². The van der Waals surface area contributed by atoms with Gasteiger partial charge in [0.2, 0.25) is 0 Å². The number of phosphoric acid groups is 1. The van der Waals surface area contributed by atoms with E-state index in [1.807, 2.05) is 0 Å². The Labute approximate surface area is 597 Å². The van der Waals surface area contributed by atoms with Crippen LogP contribution < -0.4 is 5.73 Å². The van der Waals surface area contributed by atoms with Gasteiger partial charge in [0.1, 0.15) is 6.61 Å². The molecule has 0 bridgehead atoms. The fourth-order valence-electron chi connectivity index (χ4n) is 10.8. The van der Waals surface area contributed by atoms with Gasteiger partial charge in [-0.05, 0) is 128 Å². The van der Waals surface area contributed by atoms with Crippen LogP contribution in [0.5, 0.6) is 0 Å². The number of carbonyl (C=O) groups excluding carboxylic acids is 2. The molecule has 0 saturated heterocycles. The minimum atomic E-state index is -4.41. The van der Waals surface area contributed by atoms with Gasteiger partial charge in [-0.3, -0.25) is 18.6 Å². The van der Waals surface area contributed by atoms with Crippen LogP contribution in [0.2, 0.25) is 0 Å².